The molecule has 1 spiro atoms. The van der Waals surface area contributed by atoms with Crippen molar-refractivity contribution in [3.8, 4) is 0 Å². The van der Waals surface area contributed by atoms with Crippen molar-refractivity contribution in [1.82, 2.24) is 20.0 Å². The molecule has 0 unspecified atom stereocenters. The number of halogens is 1. The molecular weight excluding hydrogens is 248 g/mol. The summed E-state index contributed by atoms with van der Waals surface area (Å²) < 4.78 is 1.99. The Bertz CT molecular complexity index is 384. The Morgan fingerprint density at radius 2 is 2.11 bits per heavy atom. The van der Waals surface area contributed by atoms with E-state index < -0.39 is 0 Å². The van der Waals surface area contributed by atoms with Gasteiger partial charge in [-0.2, -0.15) is 5.10 Å². The molecule has 0 amide bonds. The molecular formula is C13H23ClN4. The van der Waals surface area contributed by atoms with Gasteiger partial charge in [-0.25, -0.2) is 0 Å². The number of aryl methyl sites for hydroxylation is 1. The first-order chi connectivity index (χ1) is 8.27. The van der Waals surface area contributed by atoms with E-state index in [9.17, 15) is 0 Å². The summed E-state index contributed by atoms with van der Waals surface area (Å²) in [6.45, 7) is 6.01. The van der Waals surface area contributed by atoms with Gasteiger partial charge in [0.2, 0.25) is 0 Å². The molecule has 18 heavy (non-hydrogen) atoms. The van der Waals surface area contributed by atoms with Gasteiger partial charge in [-0.05, 0) is 50.4 Å². The summed E-state index contributed by atoms with van der Waals surface area (Å²) in [6, 6.07) is 2.13. The van der Waals surface area contributed by atoms with Crippen LogP contribution >= 0.6 is 12.4 Å². The van der Waals surface area contributed by atoms with Crippen LogP contribution in [-0.4, -0.2) is 40.9 Å². The van der Waals surface area contributed by atoms with Crippen LogP contribution in [0.4, 0.5) is 0 Å². The molecule has 0 bridgehead atoms. The Morgan fingerprint density at radius 3 is 2.78 bits per heavy atom. The first kappa shape index (κ1) is 13.8. The maximum Gasteiger partial charge on any atom is 0.0521 e. The van der Waals surface area contributed by atoms with Crippen LogP contribution in [0.3, 0.4) is 0 Å². The second-order valence-electron chi connectivity index (χ2n) is 5.66. The van der Waals surface area contributed by atoms with E-state index in [1.165, 1.54) is 51.1 Å². The van der Waals surface area contributed by atoms with Crippen molar-refractivity contribution in [2.24, 2.45) is 12.5 Å². The molecule has 0 aromatic carbocycles. The van der Waals surface area contributed by atoms with Crippen molar-refractivity contribution in [2.45, 2.75) is 25.8 Å². The van der Waals surface area contributed by atoms with E-state index in [1.54, 1.807) is 0 Å². The molecule has 0 atom stereocenters. The topological polar surface area (TPSA) is 33.1 Å². The van der Waals surface area contributed by atoms with Crippen LogP contribution in [-0.2, 0) is 13.6 Å². The number of aromatic nitrogens is 2. The van der Waals surface area contributed by atoms with Crippen molar-refractivity contribution in [1.29, 1.82) is 0 Å². The van der Waals surface area contributed by atoms with Gasteiger partial charge in [0.05, 0.1) is 5.69 Å². The average Bonchev–Trinajstić information content (AvgIpc) is 2.90. The summed E-state index contributed by atoms with van der Waals surface area (Å²) in [6.07, 6.45) is 5.99. The summed E-state index contributed by atoms with van der Waals surface area (Å²) in [5.74, 6) is 0. The molecule has 102 valence electrons. The molecule has 5 heteroatoms. The molecule has 2 saturated heterocycles. The molecule has 1 N–H and O–H groups in total. The number of hydrogen-bond donors (Lipinski definition) is 1. The van der Waals surface area contributed by atoms with Gasteiger partial charge in [0, 0.05) is 26.3 Å². The van der Waals surface area contributed by atoms with Crippen LogP contribution in [0.25, 0.3) is 0 Å². The lowest BCUT2D eigenvalue weighted by Crippen LogP contribution is -2.38. The van der Waals surface area contributed by atoms with Gasteiger partial charge in [-0.15, -0.1) is 12.4 Å². The smallest absolute Gasteiger partial charge is 0.0521 e. The highest BCUT2D eigenvalue weighted by molar-refractivity contribution is 5.85. The minimum atomic E-state index is 0. The predicted octanol–water partition coefficient (Wildman–Crippen LogP) is 1.42. The molecule has 0 saturated carbocycles. The van der Waals surface area contributed by atoms with Crippen LogP contribution in [0.1, 0.15) is 25.0 Å². The van der Waals surface area contributed by atoms with Gasteiger partial charge in [0.1, 0.15) is 0 Å². The molecule has 2 aliphatic rings. The molecule has 3 rings (SSSR count). The Labute approximate surface area is 115 Å². The number of rotatable bonds is 2. The van der Waals surface area contributed by atoms with Crippen molar-refractivity contribution in [3.05, 3.63) is 18.0 Å². The number of hydrogen-bond acceptors (Lipinski definition) is 3. The first-order valence-corrected chi connectivity index (χ1v) is 6.67. The first-order valence-electron chi connectivity index (χ1n) is 6.67. The lowest BCUT2D eigenvalue weighted by molar-refractivity contribution is 0.192. The SMILES string of the molecule is Cl.Cn1nccc1CN1CCC2(CCNCC2)C1. The standard InChI is InChI=1S/C13H22N4.ClH/c1-16-12(2-6-15-16)10-17-9-5-13(11-17)3-7-14-8-4-13;/h2,6,14H,3-5,7-11H2,1H3;1H. The summed E-state index contributed by atoms with van der Waals surface area (Å²) in [4.78, 5) is 2.60. The second kappa shape index (κ2) is 5.59. The van der Waals surface area contributed by atoms with Crippen LogP contribution in [0.2, 0.25) is 0 Å². The van der Waals surface area contributed by atoms with Crippen LogP contribution < -0.4 is 5.32 Å². The van der Waals surface area contributed by atoms with E-state index in [4.69, 9.17) is 0 Å². The van der Waals surface area contributed by atoms with E-state index in [-0.39, 0.29) is 12.4 Å². The molecule has 3 heterocycles. The quantitative estimate of drug-likeness (QED) is 0.882. The maximum atomic E-state index is 4.24. The van der Waals surface area contributed by atoms with Crippen molar-refractivity contribution >= 4 is 12.4 Å². The second-order valence-corrected chi connectivity index (χ2v) is 5.66. The van der Waals surface area contributed by atoms with Gasteiger partial charge >= 0.3 is 0 Å². The third-order valence-electron chi connectivity index (χ3n) is 4.49. The summed E-state index contributed by atoms with van der Waals surface area (Å²) in [5, 5.41) is 7.72. The molecule has 2 aliphatic heterocycles. The highest BCUT2D eigenvalue weighted by atomic mass is 35.5. The van der Waals surface area contributed by atoms with Crippen molar-refractivity contribution in [3.63, 3.8) is 0 Å². The lowest BCUT2D eigenvalue weighted by Gasteiger charge is -2.33. The fourth-order valence-electron chi connectivity index (χ4n) is 3.31. The number of piperidine rings is 1. The van der Waals surface area contributed by atoms with Gasteiger partial charge in [-0.3, -0.25) is 9.58 Å². The minimum absolute atomic E-state index is 0. The number of nitrogens with zero attached hydrogens (tertiary/aromatic N) is 3. The minimum Gasteiger partial charge on any atom is -0.317 e. The Hall–Kier alpha value is -0.580. The monoisotopic (exact) mass is 270 g/mol. The highest BCUT2D eigenvalue weighted by Gasteiger charge is 2.38. The van der Waals surface area contributed by atoms with Gasteiger partial charge < -0.3 is 5.32 Å². The lowest BCUT2D eigenvalue weighted by atomic mass is 9.78. The Kier molecular flexibility index (Phi) is 4.30. The summed E-state index contributed by atoms with van der Waals surface area (Å²) in [5.41, 5.74) is 1.94. The normalized spacial score (nSPS) is 23.2. The molecule has 0 radical (unpaired) electrons. The zero-order valence-corrected chi connectivity index (χ0v) is 11.9. The van der Waals surface area contributed by atoms with E-state index in [0.29, 0.717) is 5.41 Å². The third-order valence-corrected chi connectivity index (χ3v) is 4.49. The van der Waals surface area contributed by atoms with Gasteiger partial charge in [-0.1, -0.05) is 0 Å². The Balaban J connectivity index is 0.00000120. The molecule has 1 aromatic rings. The summed E-state index contributed by atoms with van der Waals surface area (Å²) >= 11 is 0. The number of likely N-dealkylation sites (tertiary alicyclic amines) is 1. The van der Waals surface area contributed by atoms with E-state index in [2.05, 4.69) is 21.4 Å². The van der Waals surface area contributed by atoms with Crippen molar-refractivity contribution < 1.29 is 0 Å². The van der Waals surface area contributed by atoms with Gasteiger partial charge in [0.15, 0.2) is 0 Å². The predicted molar refractivity (Wildman–Crippen MR) is 74.9 cm³/mol. The van der Waals surface area contributed by atoms with Gasteiger partial charge in [0.25, 0.3) is 0 Å². The Morgan fingerprint density at radius 1 is 1.33 bits per heavy atom. The highest BCUT2D eigenvalue weighted by Crippen LogP contribution is 2.38. The maximum absolute atomic E-state index is 4.24. The average molecular weight is 271 g/mol. The molecule has 0 aliphatic carbocycles. The van der Waals surface area contributed by atoms with E-state index >= 15 is 0 Å². The summed E-state index contributed by atoms with van der Waals surface area (Å²) in [7, 11) is 2.03. The fraction of sp³-hybridized carbons (Fsp3) is 0.769. The molecule has 1 aromatic heterocycles. The zero-order valence-electron chi connectivity index (χ0n) is 11.1. The van der Waals surface area contributed by atoms with Crippen LogP contribution in [0, 0.1) is 5.41 Å². The van der Waals surface area contributed by atoms with E-state index in [1.807, 2.05) is 17.9 Å². The largest absolute Gasteiger partial charge is 0.317 e. The third kappa shape index (κ3) is 2.71. The zero-order chi connectivity index (χ0) is 11.7. The van der Waals surface area contributed by atoms with E-state index in [0.717, 1.165) is 6.54 Å². The van der Waals surface area contributed by atoms with Crippen LogP contribution in [0.15, 0.2) is 12.3 Å². The molecule has 4 nitrogen and oxygen atoms in total. The van der Waals surface area contributed by atoms with Crippen LogP contribution in [0.5, 0.6) is 0 Å². The van der Waals surface area contributed by atoms with Crippen molar-refractivity contribution in [2.75, 3.05) is 26.2 Å². The fourth-order valence-corrected chi connectivity index (χ4v) is 3.31. The molecule has 2 fully saturated rings. The number of nitrogens with one attached hydrogen (secondary N) is 1.